The molecule has 0 aromatic carbocycles. The minimum atomic E-state index is -0.684. The summed E-state index contributed by atoms with van der Waals surface area (Å²) in [4.78, 5) is 10.5. The summed E-state index contributed by atoms with van der Waals surface area (Å²) in [6.07, 6.45) is 20.0. The van der Waals surface area contributed by atoms with Gasteiger partial charge in [0.2, 0.25) is 0 Å². The van der Waals surface area contributed by atoms with Crippen molar-refractivity contribution in [3.8, 4) is 0 Å². The van der Waals surface area contributed by atoms with Crippen molar-refractivity contribution < 1.29 is 15.0 Å². The summed E-state index contributed by atoms with van der Waals surface area (Å²) in [5.74, 6) is -0.162. The molecule has 0 spiro atoms. The molecule has 0 aliphatic rings. The van der Waals surface area contributed by atoms with Crippen molar-refractivity contribution in [3.05, 3.63) is 24.3 Å². The lowest BCUT2D eigenvalue weighted by Crippen LogP contribution is -2.00. The smallest absolute Gasteiger partial charge is 0.303 e. The fraction of sp³-hybridized carbons (Fsp3) is 0.737. The van der Waals surface area contributed by atoms with Gasteiger partial charge in [0.1, 0.15) is 0 Å². The van der Waals surface area contributed by atoms with Crippen LogP contribution in [0.3, 0.4) is 0 Å². The zero-order chi connectivity index (χ0) is 16.5. The van der Waals surface area contributed by atoms with E-state index in [9.17, 15) is 4.79 Å². The number of aliphatic hydroxyl groups is 1. The lowest BCUT2D eigenvalue weighted by molar-refractivity contribution is -0.137. The SMILES string of the molecule is CC(CCCC/C=C/C/C=C/CCCCCO)CCC(=O)O. The van der Waals surface area contributed by atoms with Gasteiger partial charge in [-0.25, -0.2) is 0 Å². The number of carboxylic acids is 1. The number of hydrogen-bond donors (Lipinski definition) is 2. The molecule has 2 N–H and O–H groups in total. The quantitative estimate of drug-likeness (QED) is 0.327. The van der Waals surface area contributed by atoms with Crippen LogP contribution in [0.5, 0.6) is 0 Å². The second-order valence-corrected chi connectivity index (χ2v) is 6.07. The molecule has 0 aromatic rings. The van der Waals surface area contributed by atoms with E-state index in [2.05, 4.69) is 31.2 Å². The predicted octanol–water partition coefficient (Wildman–Crippen LogP) is 5.10. The molecule has 1 unspecified atom stereocenters. The maximum absolute atomic E-state index is 10.5. The Hall–Kier alpha value is -1.09. The molecule has 22 heavy (non-hydrogen) atoms. The van der Waals surface area contributed by atoms with Crippen molar-refractivity contribution in [3.63, 3.8) is 0 Å². The van der Waals surface area contributed by atoms with Gasteiger partial charge in [-0.1, -0.05) is 50.5 Å². The van der Waals surface area contributed by atoms with Crippen molar-refractivity contribution in [1.29, 1.82) is 0 Å². The van der Waals surface area contributed by atoms with Gasteiger partial charge in [-0.2, -0.15) is 0 Å². The molecule has 0 aromatic heterocycles. The van der Waals surface area contributed by atoms with Crippen LogP contribution in [-0.2, 0) is 4.79 Å². The van der Waals surface area contributed by atoms with Gasteiger partial charge >= 0.3 is 5.97 Å². The Morgan fingerprint density at radius 1 is 0.909 bits per heavy atom. The first-order chi connectivity index (χ1) is 10.7. The third-order valence-corrected chi connectivity index (χ3v) is 3.80. The number of hydrogen-bond acceptors (Lipinski definition) is 2. The third kappa shape index (κ3) is 17.0. The average Bonchev–Trinajstić information content (AvgIpc) is 2.49. The molecule has 0 fully saturated rings. The van der Waals surface area contributed by atoms with Crippen molar-refractivity contribution in [1.82, 2.24) is 0 Å². The Kier molecular flexibility index (Phi) is 15.5. The number of unbranched alkanes of at least 4 members (excludes halogenated alkanes) is 5. The van der Waals surface area contributed by atoms with Crippen molar-refractivity contribution in [2.24, 2.45) is 5.92 Å². The lowest BCUT2D eigenvalue weighted by atomic mass is 9.98. The minimum Gasteiger partial charge on any atom is -0.481 e. The van der Waals surface area contributed by atoms with Gasteiger partial charge in [0.05, 0.1) is 0 Å². The van der Waals surface area contributed by atoms with Gasteiger partial charge in [-0.3, -0.25) is 4.79 Å². The molecule has 0 saturated carbocycles. The Morgan fingerprint density at radius 2 is 1.55 bits per heavy atom. The topological polar surface area (TPSA) is 57.5 Å². The summed E-state index contributed by atoms with van der Waals surface area (Å²) in [7, 11) is 0. The zero-order valence-corrected chi connectivity index (χ0v) is 14.2. The molecule has 128 valence electrons. The first kappa shape index (κ1) is 20.9. The van der Waals surface area contributed by atoms with Crippen LogP contribution < -0.4 is 0 Å². The maximum atomic E-state index is 10.5. The first-order valence-corrected chi connectivity index (χ1v) is 8.79. The molecule has 0 amide bonds. The van der Waals surface area contributed by atoms with Crippen LogP contribution in [0, 0.1) is 5.92 Å². The Bertz CT molecular complexity index is 308. The molecule has 0 heterocycles. The van der Waals surface area contributed by atoms with Gasteiger partial charge in [0.25, 0.3) is 0 Å². The van der Waals surface area contributed by atoms with E-state index in [0.29, 0.717) is 18.9 Å². The Balaban J connectivity index is 3.33. The van der Waals surface area contributed by atoms with Crippen LogP contribution in [-0.4, -0.2) is 22.8 Å². The van der Waals surface area contributed by atoms with E-state index in [4.69, 9.17) is 10.2 Å². The number of aliphatic carboxylic acids is 1. The molecule has 3 nitrogen and oxygen atoms in total. The van der Waals surface area contributed by atoms with Gasteiger partial charge in [0, 0.05) is 13.0 Å². The van der Waals surface area contributed by atoms with Crippen LogP contribution in [0.4, 0.5) is 0 Å². The summed E-state index contributed by atoms with van der Waals surface area (Å²) < 4.78 is 0. The largest absolute Gasteiger partial charge is 0.481 e. The number of carbonyl (C=O) groups is 1. The molecular weight excluding hydrogens is 276 g/mol. The lowest BCUT2D eigenvalue weighted by Gasteiger charge is -2.08. The van der Waals surface area contributed by atoms with Crippen LogP contribution in [0.15, 0.2) is 24.3 Å². The molecule has 0 aliphatic heterocycles. The van der Waals surface area contributed by atoms with Crippen molar-refractivity contribution in [2.45, 2.75) is 77.6 Å². The second kappa shape index (κ2) is 16.3. The third-order valence-electron chi connectivity index (χ3n) is 3.80. The highest BCUT2D eigenvalue weighted by molar-refractivity contribution is 5.66. The summed E-state index contributed by atoms with van der Waals surface area (Å²) >= 11 is 0. The van der Waals surface area contributed by atoms with Crippen LogP contribution in [0.2, 0.25) is 0 Å². The number of rotatable bonds is 15. The molecule has 0 rings (SSSR count). The van der Waals surface area contributed by atoms with Crippen molar-refractivity contribution >= 4 is 5.97 Å². The maximum Gasteiger partial charge on any atom is 0.303 e. The van der Waals surface area contributed by atoms with E-state index in [1.54, 1.807) is 0 Å². The molecule has 0 saturated heterocycles. The van der Waals surface area contributed by atoms with E-state index in [0.717, 1.165) is 44.9 Å². The molecule has 3 heteroatoms. The fourth-order valence-corrected chi connectivity index (χ4v) is 2.33. The predicted molar refractivity (Wildman–Crippen MR) is 93.0 cm³/mol. The average molecular weight is 310 g/mol. The van der Waals surface area contributed by atoms with Crippen molar-refractivity contribution in [2.75, 3.05) is 6.61 Å². The zero-order valence-electron chi connectivity index (χ0n) is 14.2. The van der Waals surface area contributed by atoms with Gasteiger partial charge in [-0.15, -0.1) is 0 Å². The normalized spacial score (nSPS) is 13.2. The van der Waals surface area contributed by atoms with Crippen LogP contribution >= 0.6 is 0 Å². The van der Waals surface area contributed by atoms with Gasteiger partial charge in [-0.05, 0) is 50.9 Å². The molecular formula is C19H34O3. The standard InChI is InChI=1S/C19H34O3/c1-18(15-16-19(21)22)14-12-10-8-6-4-2-3-5-7-9-11-13-17-20/h3-6,18,20H,2,7-17H2,1H3,(H,21,22)/b5-3+,6-4+. The molecule has 0 radical (unpaired) electrons. The minimum absolute atomic E-state index is 0.299. The summed E-state index contributed by atoms with van der Waals surface area (Å²) in [6, 6.07) is 0. The van der Waals surface area contributed by atoms with Gasteiger partial charge in [0.15, 0.2) is 0 Å². The van der Waals surface area contributed by atoms with E-state index < -0.39 is 5.97 Å². The van der Waals surface area contributed by atoms with E-state index in [1.807, 2.05) is 0 Å². The first-order valence-electron chi connectivity index (χ1n) is 8.79. The highest BCUT2D eigenvalue weighted by Crippen LogP contribution is 2.15. The summed E-state index contributed by atoms with van der Waals surface area (Å²) in [6.45, 7) is 2.45. The highest BCUT2D eigenvalue weighted by Gasteiger charge is 2.04. The van der Waals surface area contributed by atoms with E-state index in [-0.39, 0.29) is 0 Å². The Morgan fingerprint density at radius 3 is 2.14 bits per heavy atom. The molecule has 0 aliphatic carbocycles. The Labute approximate surface area is 136 Å². The highest BCUT2D eigenvalue weighted by atomic mass is 16.4. The summed E-state index contributed by atoms with van der Waals surface area (Å²) in [5.41, 5.74) is 0. The molecule has 1 atom stereocenters. The van der Waals surface area contributed by atoms with Gasteiger partial charge < -0.3 is 10.2 Å². The number of aliphatic hydroxyl groups excluding tert-OH is 1. The van der Waals surface area contributed by atoms with E-state index in [1.165, 1.54) is 19.3 Å². The fourth-order valence-electron chi connectivity index (χ4n) is 2.33. The monoisotopic (exact) mass is 310 g/mol. The number of allylic oxidation sites excluding steroid dienone is 4. The van der Waals surface area contributed by atoms with Crippen LogP contribution in [0.25, 0.3) is 0 Å². The second-order valence-electron chi connectivity index (χ2n) is 6.07. The van der Waals surface area contributed by atoms with Crippen LogP contribution in [0.1, 0.15) is 77.6 Å². The molecule has 0 bridgehead atoms. The summed E-state index contributed by atoms with van der Waals surface area (Å²) in [5, 5.41) is 17.3. The van der Waals surface area contributed by atoms with E-state index >= 15 is 0 Å². The number of carboxylic acid groups (broad SMARTS) is 1.